The summed E-state index contributed by atoms with van der Waals surface area (Å²) in [6.07, 6.45) is 6.19. The molecule has 2 aliphatic carbocycles. The highest BCUT2D eigenvalue weighted by atomic mass is 127. The van der Waals surface area contributed by atoms with E-state index in [0.717, 1.165) is 17.3 Å². The molecule has 0 heterocycles. The van der Waals surface area contributed by atoms with Crippen molar-refractivity contribution in [3.8, 4) is 0 Å². The first-order valence-corrected chi connectivity index (χ1v) is 7.48. The van der Waals surface area contributed by atoms with E-state index in [1.54, 1.807) is 19.3 Å². The lowest BCUT2D eigenvalue weighted by Gasteiger charge is -2.34. The van der Waals surface area contributed by atoms with E-state index >= 15 is 0 Å². The molecule has 0 N–H and O–H groups in total. The fourth-order valence-corrected chi connectivity index (χ4v) is 6.36. The molecule has 2 bridgehead atoms. The van der Waals surface area contributed by atoms with Gasteiger partial charge in [0, 0.05) is 8.86 Å². The molecule has 0 amide bonds. The Labute approximate surface area is 96.2 Å². The van der Waals surface area contributed by atoms with Gasteiger partial charge in [0.2, 0.25) is 0 Å². The SMILES string of the molecule is ICC1(CI)CC2CCC1C2. The van der Waals surface area contributed by atoms with Crippen LogP contribution in [0.3, 0.4) is 0 Å². The molecule has 0 aromatic rings. The van der Waals surface area contributed by atoms with Crippen LogP contribution in [0, 0.1) is 17.3 Å². The Kier molecular flexibility index (Phi) is 2.72. The molecule has 0 spiro atoms. The molecule has 2 atom stereocenters. The quantitative estimate of drug-likeness (QED) is 0.510. The molecule has 0 aliphatic heterocycles. The molecule has 2 fully saturated rings. The average molecular weight is 376 g/mol. The van der Waals surface area contributed by atoms with Crippen molar-refractivity contribution in [2.24, 2.45) is 17.3 Å². The fraction of sp³-hybridized carbons (Fsp3) is 1.00. The van der Waals surface area contributed by atoms with Crippen molar-refractivity contribution in [2.45, 2.75) is 25.7 Å². The van der Waals surface area contributed by atoms with Gasteiger partial charge in [0.05, 0.1) is 0 Å². The normalized spacial score (nSPS) is 39.8. The second-order valence-electron chi connectivity index (χ2n) is 4.21. The number of hydrogen-bond acceptors (Lipinski definition) is 0. The molecule has 0 saturated heterocycles. The van der Waals surface area contributed by atoms with Gasteiger partial charge in [-0.3, -0.25) is 0 Å². The minimum Gasteiger partial charge on any atom is -0.0857 e. The summed E-state index contributed by atoms with van der Waals surface area (Å²) >= 11 is 5.19. The fourth-order valence-electron chi connectivity index (χ4n) is 2.92. The van der Waals surface area contributed by atoms with E-state index in [2.05, 4.69) is 45.2 Å². The molecular weight excluding hydrogens is 362 g/mol. The van der Waals surface area contributed by atoms with Gasteiger partial charge in [-0.05, 0) is 36.5 Å². The van der Waals surface area contributed by atoms with Gasteiger partial charge in [-0.15, -0.1) is 0 Å². The number of alkyl halides is 2. The maximum atomic E-state index is 2.60. The maximum Gasteiger partial charge on any atom is 0.00621 e. The van der Waals surface area contributed by atoms with Crippen LogP contribution < -0.4 is 0 Å². The highest BCUT2D eigenvalue weighted by Gasteiger charge is 2.49. The number of rotatable bonds is 2. The summed E-state index contributed by atoms with van der Waals surface area (Å²) in [5, 5.41) is 0. The van der Waals surface area contributed by atoms with Crippen molar-refractivity contribution in [3.63, 3.8) is 0 Å². The van der Waals surface area contributed by atoms with Gasteiger partial charge in [-0.2, -0.15) is 0 Å². The summed E-state index contributed by atoms with van der Waals surface area (Å²) in [7, 11) is 0. The van der Waals surface area contributed by atoms with Gasteiger partial charge in [0.25, 0.3) is 0 Å². The lowest BCUT2D eigenvalue weighted by molar-refractivity contribution is 0.240. The van der Waals surface area contributed by atoms with Crippen LogP contribution >= 0.6 is 45.2 Å². The molecule has 2 heteroatoms. The lowest BCUT2D eigenvalue weighted by atomic mass is 9.77. The summed E-state index contributed by atoms with van der Waals surface area (Å²) < 4.78 is 2.80. The lowest BCUT2D eigenvalue weighted by Crippen LogP contribution is -2.30. The second kappa shape index (κ2) is 3.31. The monoisotopic (exact) mass is 376 g/mol. The van der Waals surface area contributed by atoms with E-state index in [0.29, 0.717) is 0 Å². The van der Waals surface area contributed by atoms with Crippen LogP contribution in [0.25, 0.3) is 0 Å². The Morgan fingerprint density at radius 1 is 1.18 bits per heavy atom. The maximum absolute atomic E-state index is 2.60. The third kappa shape index (κ3) is 1.36. The third-order valence-electron chi connectivity index (χ3n) is 3.63. The van der Waals surface area contributed by atoms with Gasteiger partial charge in [0.1, 0.15) is 0 Å². The first-order chi connectivity index (χ1) is 5.30. The van der Waals surface area contributed by atoms with Crippen molar-refractivity contribution in [2.75, 3.05) is 8.86 Å². The van der Waals surface area contributed by atoms with Crippen LogP contribution in [0.4, 0.5) is 0 Å². The number of halogens is 2. The first kappa shape index (κ1) is 9.03. The molecule has 2 aliphatic rings. The zero-order chi connectivity index (χ0) is 7.90. The highest BCUT2D eigenvalue weighted by Crippen LogP contribution is 2.57. The van der Waals surface area contributed by atoms with Crippen LogP contribution in [0.1, 0.15) is 25.7 Å². The smallest absolute Gasteiger partial charge is 0.00621 e. The van der Waals surface area contributed by atoms with E-state index in [-0.39, 0.29) is 0 Å². The van der Waals surface area contributed by atoms with Crippen LogP contribution in [0.2, 0.25) is 0 Å². The van der Waals surface area contributed by atoms with Gasteiger partial charge in [-0.25, -0.2) is 0 Å². The Morgan fingerprint density at radius 3 is 2.18 bits per heavy atom. The van der Waals surface area contributed by atoms with Crippen LogP contribution in [-0.2, 0) is 0 Å². The zero-order valence-corrected chi connectivity index (χ0v) is 11.0. The van der Waals surface area contributed by atoms with Crippen LogP contribution in [0.5, 0.6) is 0 Å². The van der Waals surface area contributed by atoms with Crippen molar-refractivity contribution >= 4 is 45.2 Å². The number of fused-ring (bicyclic) bond motifs is 2. The van der Waals surface area contributed by atoms with Crippen LogP contribution in [-0.4, -0.2) is 8.86 Å². The molecule has 2 saturated carbocycles. The summed E-state index contributed by atoms with van der Waals surface area (Å²) in [6, 6.07) is 0. The predicted octanol–water partition coefficient (Wildman–Crippen LogP) is 3.66. The summed E-state index contributed by atoms with van der Waals surface area (Å²) in [4.78, 5) is 0. The Balaban J connectivity index is 2.14. The van der Waals surface area contributed by atoms with Crippen molar-refractivity contribution < 1.29 is 0 Å². The van der Waals surface area contributed by atoms with Crippen molar-refractivity contribution in [1.82, 2.24) is 0 Å². The van der Waals surface area contributed by atoms with E-state index in [4.69, 9.17) is 0 Å². The molecule has 2 rings (SSSR count). The van der Waals surface area contributed by atoms with E-state index < -0.39 is 0 Å². The standard InChI is InChI=1S/C9H14I2/c10-5-9(6-11)4-7-1-2-8(9)3-7/h7-8H,1-6H2. The Hall–Kier alpha value is 1.46. The van der Waals surface area contributed by atoms with Gasteiger partial charge >= 0.3 is 0 Å². The molecular formula is C9H14I2. The first-order valence-electron chi connectivity index (χ1n) is 4.43. The molecule has 64 valence electrons. The van der Waals surface area contributed by atoms with Crippen molar-refractivity contribution in [3.05, 3.63) is 0 Å². The highest BCUT2D eigenvalue weighted by molar-refractivity contribution is 14.1. The summed E-state index contributed by atoms with van der Waals surface area (Å²) in [6.45, 7) is 0. The topological polar surface area (TPSA) is 0 Å². The average Bonchev–Trinajstić information content (AvgIpc) is 2.62. The summed E-state index contributed by atoms with van der Waals surface area (Å²) in [5.74, 6) is 2.21. The predicted molar refractivity (Wildman–Crippen MR) is 65.7 cm³/mol. The summed E-state index contributed by atoms with van der Waals surface area (Å²) in [5.41, 5.74) is 0.768. The van der Waals surface area contributed by atoms with E-state index in [1.165, 1.54) is 15.3 Å². The largest absolute Gasteiger partial charge is 0.0857 e. The van der Waals surface area contributed by atoms with Gasteiger partial charge < -0.3 is 0 Å². The Morgan fingerprint density at radius 2 is 1.91 bits per heavy atom. The number of hydrogen-bond donors (Lipinski definition) is 0. The minimum absolute atomic E-state index is 0.768. The van der Waals surface area contributed by atoms with Gasteiger partial charge in [-0.1, -0.05) is 51.6 Å². The Bertz CT molecular complexity index is 152. The molecule has 0 nitrogen and oxygen atoms in total. The molecule has 2 unspecified atom stereocenters. The molecule has 0 radical (unpaired) electrons. The van der Waals surface area contributed by atoms with Crippen LogP contribution in [0.15, 0.2) is 0 Å². The van der Waals surface area contributed by atoms with Crippen molar-refractivity contribution in [1.29, 1.82) is 0 Å². The van der Waals surface area contributed by atoms with Gasteiger partial charge in [0.15, 0.2) is 0 Å². The molecule has 11 heavy (non-hydrogen) atoms. The third-order valence-corrected chi connectivity index (χ3v) is 6.67. The minimum atomic E-state index is 0.768. The molecule has 0 aromatic heterocycles. The zero-order valence-electron chi connectivity index (χ0n) is 6.65. The van der Waals surface area contributed by atoms with E-state index in [1.807, 2.05) is 0 Å². The second-order valence-corrected chi connectivity index (χ2v) is 5.74. The van der Waals surface area contributed by atoms with E-state index in [9.17, 15) is 0 Å². The molecule has 0 aromatic carbocycles.